The van der Waals surface area contributed by atoms with Crippen LogP contribution in [-0.4, -0.2) is 31.9 Å². The predicted octanol–water partition coefficient (Wildman–Crippen LogP) is 1.41. The molecular weight excluding hydrogens is 248 g/mol. The molecule has 0 saturated heterocycles. The standard InChI is InChI=1S/C14H18O5/c1-18-12(16)14(13(17)19-2)7-9-4-3-5-11(15)6-10(9)8-14/h4,10H,3,5-8H2,1-2H3. The highest BCUT2D eigenvalue weighted by Crippen LogP contribution is 2.49. The van der Waals surface area contributed by atoms with E-state index in [1.165, 1.54) is 14.2 Å². The fourth-order valence-corrected chi connectivity index (χ4v) is 3.14. The van der Waals surface area contributed by atoms with Gasteiger partial charge in [0.2, 0.25) is 0 Å². The fraction of sp³-hybridized carbons (Fsp3) is 0.643. The second-order valence-electron chi connectivity index (χ2n) is 5.20. The van der Waals surface area contributed by atoms with Gasteiger partial charge in [-0.2, -0.15) is 0 Å². The monoisotopic (exact) mass is 266 g/mol. The number of ketones is 1. The second-order valence-corrected chi connectivity index (χ2v) is 5.20. The molecule has 5 nitrogen and oxygen atoms in total. The lowest BCUT2D eigenvalue weighted by molar-refractivity contribution is -0.168. The first-order chi connectivity index (χ1) is 9.03. The zero-order valence-corrected chi connectivity index (χ0v) is 11.2. The van der Waals surface area contributed by atoms with Crippen LogP contribution in [0.4, 0.5) is 0 Å². The summed E-state index contributed by atoms with van der Waals surface area (Å²) < 4.78 is 9.55. The van der Waals surface area contributed by atoms with Gasteiger partial charge in [-0.1, -0.05) is 11.6 Å². The van der Waals surface area contributed by atoms with Gasteiger partial charge >= 0.3 is 11.9 Å². The van der Waals surface area contributed by atoms with E-state index >= 15 is 0 Å². The molecule has 0 aromatic carbocycles. The van der Waals surface area contributed by atoms with Gasteiger partial charge in [-0.25, -0.2) is 0 Å². The highest BCUT2D eigenvalue weighted by Gasteiger charge is 2.55. The van der Waals surface area contributed by atoms with E-state index in [0.29, 0.717) is 32.1 Å². The van der Waals surface area contributed by atoms with Crippen molar-refractivity contribution in [2.75, 3.05) is 14.2 Å². The molecule has 5 heteroatoms. The van der Waals surface area contributed by atoms with Crippen LogP contribution in [0, 0.1) is 11.3 Å². The number of hydrogen-bond acceptors (Lipinski definition) is 5. The minimum Gasteiger partial charge on any atom is -0.468 e. The predicted molar refractivity (Wildman–Crippen MR) is 66.1 cm³/mol. The van der Waals surface area contributed by atoms with E-state index in [1.807, 2.05) is 6.08 Å². The first-order valence-corrected chi connectivity index (χ1v) is 6.41. The molecule has 1 fully saturated rings. The Balaban J connectivity index is 2.34. The molecule has 19 heavy (non-hydrogen) atoms. The van der Waals surface area contributed by atoms with Gasteiger partial charge in [-0.05, 0) is 25.2 Å². The Morgan fingerprint density at radius 3 is 2.47 bits per heavy atom. The summed E-state index contributed by atoms with van der Waals surface area (Å²) in [5.41, 5.74) is -0.251. The molecule has 0 aromatic rings. The Kier molecular flexibility index (Phi) is 3.73. The summed E-state index contributed by atoms with van der Waals surface area (Å²) in [7, 11) is 2.53. The minimum absolute atomic E-state index is 0.0341. The molecule has 1 saturated carbocycles. The SMILES string of the molecule is COC(=O)C1(C(=O)OC)CC2=CCCC(=O)CC2C1. The van der Waals surface area contributed by atoms with Crippen molar-refractivity contribution in [3.63, 3.8) is 0 Å². The summed E-state index contributed by atoms with van der Waals surface area (Å²) >= 11 is 0. The van der Waals surface area contributed by atoms with Crippen LogP contribution in [0.15, 0.2) is 11.6 Å². The average molecular weight is 266 g/mol. The summed E-state index contributed by atoms with van der Waals surface area (Å²) in [6.45, 7) is 0. The van der Waals surface area contributed by atoms with Gasteiger partial charge in [0, 0.05) is 12.8 Å². The van der Waals surface area contributed by atoms with Gasteiger partial charge in [0.15, 0.2) is 5.41 Å². The van der Waals surface area contributed by atoms with E-state index in [9.17, 15) is 14.4 Å². The largest absolute Gasteiger partial charge is 0.468 e. The van der Waals surface area contributed by atoms with E-state index in [4.69, 9.17) is 9.47 Å². The van der Waals surface area contributed by atoms with Gasteiger partial charge in [-0.3, -0.25) is 14.4 Å². The molecule has 0 heterocycles. The lowest BCUT2D eigenvalue weighted by Crippen LogP contribution is -2.39. The minimum atomic E-state index is -1.27. The number of methoxy groups -OCH3 is 2. The molecule has 0 amide bonds. The molecule has 0 aromatic heterocycles. The van der Waals surface area contributed by atoms with Crippen molar-refractivity contribution < 1.29 is 23.9 Å². The van der Waals surface area contributed by atoms with Crippen LogP contribution < -0.4 is 0 Å². The van der Waals surface area contributed by atoms with E-state index < -0.39 is 17.4 Å². The summed E-state index contributed by atoms with van der Waals surface area (Å²) in [5, 5.41) is 0. The number of fused-ring (bicyclic) bond motifs is 1. The zero-order valence-electron chi connectivity index (χ0n) is 11.2. The van der Waals surface area contributed by atoms with Crippen LogP contribution in [0.1, 0.15) is 32.1 Å². The van der Waals surface area contributed by atoms with Crippen molar-refractivity contribution in [3.05, 3.63) is 11.6 Å². The maximum atomic E-state index is 12.0. The number of allylic oxidation sites excluding steroid dienone is 2. The van der Waals surface area contributed by atoms with Gasteiger partial charge in [-0.15, -0.1) is 0 Å². The second kappa shape index (κ2) is 5.15. The first-order valence-electron chi connectivity index (χ1n) is 6.41. The molecule has 1 atom stereocenters. The number of rotatable bonds is 2. The highest BCUT2D eigenvalue weighted by molar-refractivity contribution is 6.01. The molecular formula is C14H18O5. The maximum Gasteiger partial charge on any atom is 0.323 e. The lowest BCUT2D eigenvalue weighted by Gasteiger charge is -2.22. The van der Waals surface area contributed by atoms with E-state index in [0.717, 1.165) is 5.57 Å². The number of Topliss-reactive ketones (excluding diaryl/α,β-unsaturated/α-hetero) is 1. The van der Waals surface area contributed by atoms with Crippen LogP contribution in [0.25, 0.3) is 0 Å². The number of esters is 2. The van der Waals surface area contributed by atoms with Crippen molar-refractivity contribution in [2.24, 2.45) is 11.3 Å². The Morgan fingerprint density at radius 1 is 1.26 bits per heavy atom. The maximum absolute atomic E-state index is 12.0. The summed E-state index contributed by atoms with van der Waals surface area (Å²) in [5.74, 6) is -0.989. The molecule has 0 radical (unpaired) electrons. The van der Waals surface area contributed by atoms with E-state index in [2.05, 4.69) is 0 Å². The summed E-state index contributed by atoms with van der Waals surface area (Å²) in [6, 6.07) is 0. The molecule has 1 unspecified atom stereocenters. The van der Waals surface area contributed by atoms with Gasteiger partial charge in [0.05, 0.1) is 14.2 Å². The van der Waals surface area contributed by atoms with Gasteiger partial charge in [0.25, 0.3) is 0 Å². The van der Waals surface area contributed by atoms with Crippen LogP contribution in [0.3, 0.4) is 0 Å². The first kappa shape index (κ1) is 13.8. The number of ether oxygens (including phenoxy) is 2. The number of carbonyl (C=O) groups is 3. The topological polar surface area (TPSA) is 69.7 Å². The smallest absolute Gasteiger partial charge is 0.323 e. The van der Waals surface area contributed by atoms with Crippen molar-refractivity contribution in [2.45, 2.75) is 32.1 Å². The van der Waals surface area contributed by atoms with Crippen LogP contribution in [0.5, 0.6) is 0 Å². The van der Waals surface area contributed by atoms with Crippen LogP contribution in [0.2, 0.25) is 0 Å². The third-order valence-electron chi connectivity index (χ3n) is 4.08. The fourth-order valence-electron chi connectivity index (χ4n) is 3.14. The van der Waals surface area contributed by atoms with E-state index in [-0.39, 0.29) is 11.7 Å². The molecule has 0 N–H and O–H groups in total. The van der Waals surface area contributed by atoms with Crippen molar-refractivity contribution in [1.29, 1.82) is 0 Å². The van der Waals surface area contributed by atoms with Crippen LogP contribution >= 0.6 is 0 Å². The summed E-state index contributed by atoms with van der Waals surface area (Å²) in [6.07, 6.45) is 4.24. The molecule has 0 spiro atoms. The average Bonchev–Trinajstić information content (AvgIpc) is 2.68. The Bertz CT molecular complexity index is 433. The normalized spacial score (nSPS) is 25.1. The quantitative estimate of drug-likeness (QED) is 0.429. The molecule has 0 bridgehead atoms. The molecule has 2 aliphatic carbocycles. The van der Waals surface area contributed by atoms with Gasteiger partial charge in [0.1, 0.15) is 5.78 Å². The summed E-state index contributed by atoms with van der Waals surface area (Å²) in [4.78, 5) is 35.7. The van der Waals surface area contributed by atoms with Crippen molar-refractivity contribution in [1.82, 2.24) is 0 Å². The van der Waals surface area contributed by atoms with Crippen LogP contribution in [-0.2, 0) is 23.9 Å². The third kappa shape index (κ3) is 2.29. The highest BCUT2D eigenvalue weighted by atomic mass is 16.5. The van der Waals surface area contributed by atoms with Crippen molar-refractivity contribution >= 4 is 17.7 Å². The number of hydrogen-bond donors (Lipinski definition) is 0. The molecule has 104 valence electrons. The lowest BCUT2D eigenvalue weighted by atomic mass is 9.84. The Morgan fingerprint density at radius 2 is 1.89 bits per heavy atom. The van der Waals surface area contributed by atoms with Crippen molar-refractivity contribution in [3.8, 4) is 0 Å². The Labute approximate surface area is 111 Å². The zero-order chi connectivity index (χ0) is 14.0. The molecule has 2 aliphatic rings. The molecule has 0 aliphatic heterocycles. The Hall–Kier alpha value is -1.65. The van der Waals surface area contributed by atoms with Gasteiger partial charge < -0.3 is 9.47 Å². The third-order valence-corrected chi connectivity index (χ3v) is 4.08. The number of carbonyl (C=O) groups excluding carboxylic acids is 3. The molecule has 2 rings (SSSR count). The van der Waals surface area contributed by atoms with E-state index in [1.54, 1.807) is 0 Å².